The summed E-state index contributed by atoms with van der Waals surface area (Å²) >= 11 is 1.29. The summed E-state index contributed by atoms with van der Waals surface area (Å²) in [7, 11) is 0. The van der Waals surface area contributed by atoms with Crippen LogP contribution in [0.15, 0.2) is 53.9 Å². The molecule has 2 heterocycles. The first kappa shape index (κ1) is 20.5. The van der Waals surface area contributed by atoms with E-state index in [9.17, 15) is 9.18 Å². The number of para-hydroxylation sites is 1. The molecule has 30 heavy (non-hydrogen) atoms. The molecule has 1 aromatic carbocycles. The molecule has 0 spiro atoms. The summed E-state index contributed by atoms with van der Waals surface area (Å²) in [5.41, 5.74) is 1.08. The molecule has 0 saturated heterocycles. The van der Waals surface area contributed by atoms with Gasteiger partial charge in [-0.25, -0.2) is 4.39 Å². The number of rotatable bonds is 9. The van der Waals surface area contributed by atoms with Gasteiger partial charge in [0.25, 0.3) is 0 Å². The average Bonchev–Trinajstić information content (AvgIpc) is 3.49. The maximum atomic E-state index is 14.6. The fourth-order valence-electron chi connectivity index (χ4n) is 3.31. The Morgan fingerprint density at radius 3 is 2.77 bits per heavy atom. The van der Waals surface area contributed by atoms with Gasteiger partial charge < -0.3 is 4.90 Å². The SMILES string of the molecule is CCCN(CC1CC1)C(=O)CSc1nnc(-c2cccnc2)n1-c1ccccc1F. The summed E-state index contributed by atoms with van der Waals surface area (Å²) in [4.78, 5) is 18.9. The predicted octanol–water partition coefficient (Wildman–Crippen LogP) is 4.21. The van der Waals surface area contributed by atoms with Crippen molar-refractivity contribution in [1.29, 1.82) is 0 Å². The molecule has 0 unspecified atom stereocenters. The summed E-state index contributed by atoms with van der Waals surface area (Å²) < 4.78 is 16.3. The van der Waals surface area contributed by atoms with Gasteiger partial charge in [0.15, 0.2) is 11.0 Å². The van der Waals surface area contributed by atoms with Crippen molar-refractivity contribution in [3.63, 3.8) is 0 Å². The van der Waals surface area contributed by atoms with Gasteiger partial charge in [0.1, 0.15) is 5.82 Å². The second-order valence-corrected chi connectivity index (χ2v) is 8.35. The number of halogens is 1. The first-order chi connectivity index (χ1) is 14.7. The van der Waals surface area contributed by atoms with Crippen LogP contribution in [0.4, 0.5) is 4.39 Å². The monoisotopic (exact) mass is 425 g/mol. The zero-order valence-corrected chi connectivity index (χ0v) is 17.7. The normalized spacial score (nSPS) is 13.4. The maximum absolute atomic E-state index is 14.6. The Labute approximate surface area is 179 Å². The van der Waals surface area contributed by atoms with Gasteiger partial charge in [0, 0.05) is 31.0 Å². The van der Waals surface area contributed by atoms with E-state index in [4.69, 9.17) is 0 Å². The Bertz CT molecular complexity index is 1010. The second-order valence-electron chi connectivity index (χ2n) is 7.41. The number of carbonyl (C=O) groups excluding carboxylic acids is 1. The van der Waals surface area contributed by atoms with Crippen molar-refractivity contribution in [3.05, 3.63) is 54.6 Å². The molecular weight excluding hydrogens is 401 g/mol. The predicted molar refractivity (Wildman–Crippen MR) is 115 cm³/mol. The molecule has 1 saturated carbocycles. The van der Waals surface area contributed by atoms with Crippen molar-refractivity contribution in [2.24, 2.45) is 5.92 Å². The number of hydrogen-bond donors (Lipinski definition) is 0. The van der Waals surface area contributed by atoms with Crippen LogP contribution in [0.25, 0.3) is 17.1 Å². The number of thioether (sulfide) groups is 1. The number of nitrogens with zero attached hydrogens (tertiary/aromatic N) is 5. The minimum Gasteiger partial charge on any atom is -0.342 e. The third-order valence-corrected chi connectivity index (χ3v) is 5.91. The zero-order chi connectivity index (χ0) is 20.9. The number of aromatic nitrogens is 4. The fraction of sp³-hybridized carbons (Fsp3) is 0.364. The number of benzene rings is 1. The smallest absolute Gasteiger partial charge is 0.233 e. The van der Waals surface area contributed by atoms with E-state index in [1.165, 1.54) is 30.7 Å². The standard InChI is InChI=1S/C22H24FN5OS/c1-2-12-27(14-16-9-10-16)20(29)15-30-22-26-25-21(17-6-5-11-24-13-17)28(22)19-8-4-3-7-18(19)23/h3-8,11,13,16H,2,9-10,12,14-15H2,1H3. The van der Waals surface area contributed by atoms with E-state index < -0.39 is 0 Å². The van der Waals surface area contributed by atoms with Gasteiger partial charge in [-0.05, 0) is 49.4 Å². The lowest BCUT2D eigenvalue weighted by molar-refractivity contribution is -0.128. The summed E-state index contributed by atoms with van der Waals surface area (Å²) in [6.07, 6.45) is 6.68. The quantitative estimate of drug-likeness (QED) is 0.481. The molecule has 1 fully saturated rings. The summed E-state index contributed by atoms with van der Waals surface area (Å²) in [6.45, 7) is 3.67. The van der Waals surface area contributed by atoms with Crippen LogP contribution in [-0.4, -0.2) is 49.4 Å². The van der Waals surface area contributed by atoms with Crippen LogP contribution < -0.4 is 0 Å². The molecule has 156 valence electrons. The number of carbonyl (C=O) groups is 1. The molecule has 0 aliphatic heterocycles. The molecule has 1 aliphatic rings. The highest BCUT2D eigenvalue weighted by Gasteiger charge is 2.27. The lowest BCUT2D eigenvalue weighted by Gasteiger charge is -2.21. The van der Waals surface area contributed by atoms with Crippen LogP contribution in [0, 0.1) is 11.7 Å². The van der Waals surface area contributed by atoms with Crippen molar-refractivity contribution in [3.8, 4) is 17.1 Å². The van der Waals surface area contributed by atoms with Gasteiger partial charge >= 0.3 is 0 Å². The molecule has 6 nitrogen and oxygen atoms in total. The number of pyridine rings is 1. The fourth-order valence-corrected chi connectivity index (χ4v) is 4.16. The molecule has 4 rings (SSSR count). The van der Waals surface area contributed by atoms with Crippen molar-refractivity contribution < 1.29 is 9.18 Å². The molecule has 3 aromatic rings. The molecule has 0 bridgehead atoms. The molecule has 1 aliphatic carbocycles. The first-order valence-electron chi connectivity index (χ1n) is 10.2. The lowest BCUT2D eigenvalue weighted by atomic mass is 10.2. The van der Waals surface area contributed by atoms with Crippen LogP contribution in [-0.2, 0) is 4.79 Å². The van der Waals surface area contributed by atoms with E-state index in [-0.39, 0.29) is 17.5 Å². The summed E-state index contributed by atoms with van der Waals surface area (Å²) in [6, 6.07) is 10.1. The highest BCUT2D eigenvalue weighted by atomic mass is 32.2. The Balaban J connectivity index is 1.61. The Kier molecular flexibility index (Phi) is 6.42. The topological polar surface area (TPSA) is 63.9 Å². The Hall–Kier alpha value is -2.74. The van der Waals surface area contributed by atoms with E-state index in [1.54, 1.807) is 41.2 Å². The summed E-state index contributed by atoms with van der Waals surface area (Å²) in [5.74, 6) is 1.08. The van der Waals surface area contributed by atoms with Gasteiger partial charge in [0.05, 0.1) is 11.4 Å². The molecule has 1 amide bonds. The van der Waals surface area contributed by atoms with Gasteiger partial charge in [-0.2, -0.15) is 0 Å². The molecule has 8 heteroatoms. The summed E-state index contributed by atoms with van der Waals surface area (Å²) in [5, 5.41) is 9.03. The molecule has 0 N–H and O–H groups in total. The first-order valence-corrected chi connectivity index (χ1v) is 11.2. The average molecular weight is 426 g/mol. The Morgan fingerprint density at radius 1 is 1.23 bits per heavy atom. The van der Waals surface area contributed by atoms with Gasteiger partial charge in [-0.1, -0.05) is 30.8 Å². The molecule has 2 aromatic heterocycles. The highest BCUT2D eigenvalue weighted by molar-refractivity contribution is 7.99. The zero-order valence-electron chi connectivity index (χ0n) is 16.9. The van der Waals surface area contributed by atoms with E-state index in [0.29, 0.717) is 22.6 Å². The van der Waals surface area contributed by atoms with Crippen LogP contribution in [0.1, 0.15) is 26.2 Å². The van der Waals surface area contributed by atoms with E-state index in [2.05, 4.69) is 22.1 Å². The third-order valence-electron chi connectivity index (χ3n) is 4.99. The second kappa shape index (κ2) is 9.38. The van der Waals surface area contributed by atoms with E-state index in [0.717, 1.165) is 25.1 Å². The van der Waals surface area contributed by atoms with Gasteiger partial charge in [-0.3, -0.25) is 14.3 Å². The van der Waals surface area contributed by atoms with E-state index in [1.807, 2.05) is 11.0 Å². The van der Waals surface area contributed by atoms with Crippen LogP contribution in [0.3, 0.4) is 0 Å². The Morgan fingerprint density at radius 2 is 2.07 bits per heavy atom. The van der Waals surface area contributed by atoms with Gasteiger partial charge in [-0.15, -0.1) is 10.2 Å². The minimum absolute atomic E-state index is 0.0831. The molecule has 0 radical (unpaired) electrons. The van der Waals surface area contributed by atoms with Crippen LogP contribution in [0.2, 0.25) is 0 Å². The van der Waals surface area contributed by atoms with Gasteiger partial charge in [0.2, 0.25) is 5.91 Å². The number of amides is 1. The van der Waals surface area contributed by atoms with Crippen molar-refractivity contribution in [2.75, 3.05) is 18.8 Å². The minimum atomic E-state index is -0.378. The largest absolute Gasteiger partial charge is 0.342 e. The van der Waals surface area contributed by atoms with Crippen molar-refractivity contribution in [1.82, 2.24) is 24.6 Å². The van der Waals surface area contributed by atoms with E-state index >= 15 is 0 Å². The maximum Gasteiger partial charge on any atom is 0.233 e. The van der Waals surface area contributed by atoms with Crippen molar-refractivity contribution >= 4 is 17.7 Å². The van der Waals surface area contributed by atoms with Crippen molar-refractivity contribution in [2.45, 2.75) is 31.3 Å². The third kappa shape index (κ3) is 4.70. The molecular formula is C22H24FN5OS. The molecule has 0 atom stereocenters. The van der Waals surface area contributed by atoms with Crippen LogP contribution in [0.5, 0.6) is 0 Å². The highest BCUT2D eigenvalue weighted by Crippen LogP contribution is 2.31. The lowest BCUT2D eigenvalue weighted by Crippen LogP contribution is -2.35. The number of hydrogen-bond acceptors (Lipinski definition) is 5. The van der Waals surface area contributed by atoms with Crippen LogP contribution >= 0.6 is 11.8 Å².